The molecule has 0 amide bonds. The standard InChI is InChI=1S/C30H48O4/c1-19(2)9-8-10-20(3)21-13-15-30(7)23-11-12-24-27(4,22(23)14-16-29(21,30)6)17-25(31)34-18-28(24,5)26(32)33/h9,11,20-22,24-25,31H,8,10,12-18H2,1-7H3,(H,32,33)/t20-,21-,22-,24+,25-,27+,28+,29-,30+/m0/s1. The number of hydrogen-bond donors (Lipinski definition) is 2. The zero-order chi connectivity index (χ0) is 25.1. The number of carbonyl (C=O) groups is 1. The molecule has 1 heterocycles. The Hall–Kier alpha value is -1.13. The molecule has 4 rings (SSSR count). The summed E-state index contributed by atoms with van der Waals surface area (Å²) in [7, 11) is 0. The summed E-state index contributed by atoms with van der Waals surface area (Å²) in [4.78, 5) is 12.4. The zero-order valence-corrected chi connectivity index (χ0v) is 22.6. The van der Waals surface area contributed by atoms with E-state index in [9.17, 15) is 15.0 Å². The molecule has 34 heavy (non-hydrogen) atoms. The van der Waals surface area contributed by atoms with Gasteiger partial charge in [0.1, 0.15) is 0 Å². The van der Waals surface area contributed by atoms with Crippen LogP contribution in [0.15, 0.2) is 23.3 Å². The van der Waals surface area contributed by atoms with Gasteiger partial charge in [0, 0.05) is 6.42 Å². The van der Waals surface area contributed by atoms with Gasteiger partial charge in [-0.1, -0.05) is 51.0 Å². The molecule has 0 spiro atoms. The molecule has 3 fully saturated rings. The van der Waals surface area contributed by atoms with Gasteiger partial charge in [-0.3, -0.25) is 4.79 Å². The van der Waals surface area contributed by atoms with Crippen LogP contribution in [-0.2, 0) is 9.53 Å². The Morgan fingerprint density at radius 3 is 2.56 bits per heavy atom. The van der Waals surface area contributed by atoms with Crippen LogP contribution in [0.5, 0.6) is 0 Å². The van der Waals surface area contributed by atoms with Gasteiger partial charge in [-0.05, 0) is 106 Å². The molecule has 0 bridgehead atoms. The van der Waals surface area contributed by atoms with Crippen molar-refractivity contribution in [2.45, 2.75) is 106 Å². The van der Waals surface area contributed by atoms with E-state index in [1.807, 2.05) is 6.92 Å². The molecular formula is C30H48O4. The fourth-order valence-electron chi connectivity index (χ4n) is 9.22. The van der Waals surface area contributed by atoms with Gasteiger partial charge in [0.25, 0.3) is 0 Å². The lowest BCUT2D eigenvalue weighted by molar-refractivity contribution is -0.163. The smallest absolute Gasteiger partial charge is 0.312 e. The van der Waals surface area contributed by atoms with Crippen molar-refractivity contribution in [3.8, 4) is 0 Å². The molecule has 4 nitrogen and oxygen atoms in total. The van der Waals surface area contributed by atoms with E-state index in [1.54, 1.807) is 5.57 Å². The number of carboxylic acids is 1. The van der Waals surface area contributed by atoms with Crippen LogP contribution in [-0.4, -0.2) is 29.1 Å². The maximum atomic E-state index is 12.4. The first kappa shape index (κ1) is 25.9. The van der Waals surface area contributed by atoms with Gasteiger partial charge < -0.3 is 14.9 Å². The second-order valence-corrected chi connectivity index (χ2v) is 13.5. The molecule has 1 aliphatic heterocycles. The number of carboxylic acid groups (broad SMARTS) is 1. The van der Waals surface area contributed by atoms with Crippen LogP contribution in [0.2, 0.25) is 0 Å². The minimum Gasteiger partial charge on any atom is -0.481 e. The number of rotatable bonds is 5. The van der Waals surface area contributed by atoms with E-state index in [0.717, 1.165) is 18.8 Å². The topological polar surface area (TPSA) is 66.8 Å². The molecule has 4 aliphatic rings. The zero-order valence-electron chi connectivity index (χ0n) is 22.6. The van der Waals surface area contributed by atoms with Gasteiger partial charge in [0.05, 0.1) is 12.0 Å². The molecule has 2 N–H and O–H groups in total. The first-order valence-electron chi connectivity index (χ1n) is 13.7. The van der Waals surface area contributed by atoms with Crippen molar-refractivity contribution in [1.29, 1.82) is 0 Å². The summed E-state index contributed by atoms with van der Waals surface area (Å²) in [6, 6.07) is 0. The van der Waals surface area contributed by atoms with Crippen LogP contribution in [0.3, 0.4) is 0 Å². The highest BCUT2D eigenvalue weighted by molar-refractivity contribution is 5.75. The van der Waals surface area contributed by atoms with E-state index >= 15 is 0 Å². The minimum atomic E-state index is -0.979. The Morgan fingerprint density at radius 1 is 1.21 bits per heavy atom. The molecule has 0 aromatic heterocycles. The molecule has 192 valence electrons. The molecule has 0 unspecified atom stereocenters. The summed E-state index contributed by atoms with van der Waals surface area (Å²) in [5.41, 5.74) is 2.16. The minimum absolute atomic E-state index is 0.0310. The van der Waals surface area contributed by atoms with Crippen molar-refractivity contribution in [3.05, 3.63) is 23.3 Å². The van der Waals surface area contributed by atoms with Crippen molar-refractivity contribution in [3.63, 3.8) is 0 Å². The molecular weight excluding hydrogens is 424 g/mol. The van der Waals surface area contributed by atoms with Gasteiger partial charge in [-0.25, -0.2) is 0 Å². The maximum absolute atomic E-state index is 12.4. The number of hydrogen-bond acceptors (Lipinski definition) is 3. The predicted molar refractivity (Wildman–Crippen MR) is 136 cm³/mol. The maximum Gasteiger partial charge on any atom is 0.312 e. The van der Waals surface area contributed by atoms with E-state index in [0.29, 0.717) is 18.3 Å². The van der Waals surface area contributed by atoms with Crippen molar-refractivity contribution in [1.82, 2.24) is 0 Å². The molecule has 0 aromatic carbocycles. The van der Waals surface area contributed by atoms with Gasteiger partial charge in [0.2, 0.25) is 0 Å². The molecule has 4 heteroatoms. The van der Waals surface area contributed by atoms with E-state index in [-0.39, 0.29) is 28.8 Å². The molecule has 9 atom stereocenters. The van der Waals surface area contributed by atoms with E-state index in [4.69, 9.17) is 4.74 Å². The fourth-order valence-corrected chi connectivity index (χ4v) is 9.22. The van der Waals surface area contributed by atoms with Gasteiger partial charge in [-0.2, -0.15) is 0 Å². The van der Waals surface area contributed by atoms with E-state index in [2.05, 4.69) is 53.7 Å². The van der Waals surface area contributed by atoms with Crippen LogP contribution < -0.4 is 0 Å². The Morgan fingerprint density at radius 2 is 1.91 bits per heavy atom. The van der Waals surface area contributed by atoms with Crippen LogP contribution in [0.1, 0.15) is 99.8 Å². The summed E-state index contributed by atoms with van der Waals surface area (Å²) >= 11 is 0. The first-order chi connectivity index (χ1) is 15.8. The molecule has 0 radical (unpaired) electrons. The fraction of sp³-hybridized carbons (Fsp3) is 0.833. The van der Waals surface area contributed by atoms with Crippen LogP contribution in [0.4, 0.5) is 0 Å². The second-order valence-electron chi connectivity index (χ2n) is 13.5. The third-order valence-electron chi connectivity index (χ3n) is 11.5. The van der Waals surface area contributed by atoms with Crippen molar-refractivity contribution in [2.24, 2.45) is 45.3 Å². The number of allylic oxidation sites excluding steroid dienone is 4. The quantitative estimate of drug-likeness (QED) is 0.423. The van der Waals surface area contributed by atoms with Crippen molar-refractivity contribution < 1.29 is 19.7 Å². The van der Waals surface area contributed by atoms with Crippen LogP contribution in [0.25, 0.3) is 0 Å². The van der Waals surface area contributed by atoms with Crippen LogP contribution in [0, 0.1) is 45.3 Å². The Labute approximate surface area is 207 Å². The third-order valence-corrected chi connectivity index (χ3v) is 11.5. The molecule has 0 aromatic rings. The lowest BCUT2D eigenvalue weighted by atomic mass is 9.43. The van der Waals surface area contributed by atoms with E-state index < -0.39 is 17.7 Å². The summed E-state index contributed by atoms with van der Waals surface area (Å²) in [6.45, 7) is 16.1. The predicted octanol–water partition coefficient (Wildman–Crippen LogP) is 6.98. The SMILES string of the molecule is CC(C)=CCC[C@H](C)[C@@H]1CC[C@]2(C)C3=CC[C@@H]4[C@](C)(C[C@@H](O)OC[C@@]4(C)C(=O)O)[C@H]3CC[C@@]12C. The largest absolute Gasteiger partial charge is 0.481 e. The highest BCUT2D eigenvalue weighted by Crippen LogP contribution is 2.72. The first-order valence-corrected chi connectivity index (χ1v) is 13.7. The monoisotopic (exact) mass is 472 g/mol. The molecule has 1 saturated heterocycles. The van der Waals surface area contributed by atoms with Gasteiger partial charge in [0.15, 0.2) is 6.29 Å². The molecule has 3 aliphatic carbocycles. The summed E-state index contributed by atoms with van der Waals surface area (Å²) in [5, 5.41) is 20.9. The number of aliphatic hydroxyl groups is 1. The van der Waals surface area contributed by atoms with Crippen molar-refractivity contribution >= 4 is 5.97 Å². The highest BCUT2D eigenvalue weighted by Gasteiger charge is 2.65. The lowest BCUT2D eigenvalue weighted by Crippen LogP contribution is -2.55. The third kappa shape index (κ3) is 3.74. The lowest BCUT2D eigenvalue weighted by Gasteiger charge is -2.61. The average Bonchev–Trinajstić information content (AvgIpc) is 2.97. The van der Waals surface area contributed by atoms with Crippen LogP contribution >= 0.6 is 0 Å². The number of aliphatic hydroxyl groups excluding tert-OH is 1. The highest BCUT2D eigenvalue weighted by atomic mass is 16.6. The number of aliphatic carboxylic acids is 1. The average molecular weight is 473 g/mol. The van der Waals surface area contributed by atoms with Gasteiger partial charge >= 0.3 is 5.97 Å². The summed E-state index contributed by atoms with van der Waals surface area (Å²) in [6.07, 6.45) is 12.4. The van der Waals surface area contributed by atoms with Crippen molar-refractivity contribution in [2.75, 3.05) is 6.61 Å². The molecule has 2 saturated carbocycles. The number of fused-ring (bicyclic) bond motifs is 5. The van der Waals surface area contributed by atoms with Gasteiger partial charge in [-0.15, -0.1) is 0 Å². The normalized spacial score (nSPS) is 46.9. The Balaban J connectivity index is 1.68. The summed E-state index contributed by atoms with van der Waals surface area (Å²) < 4.78 is 5.70. The Kier molecular flexibility index (Phi) is 6.69. The Bertz CT molecular complexity index is 871. The number of ether oxygens (including phenoxy) is 1. The van der Waals surface area contributed by atoms with E-state index in [1.165, 1.54) is 37.7 Å². The summed E-state index contributed by atoms with van der Waals surface area (Å²) in [5.74, 6) is 0.918. The second kappa shape index (κ2) is 8.76.